The van der Waals surface area contributed by atoms with E-state index >= 15 is 0 Å². The molecule has 4 amide bonds. The summed E-state index contributed by atoms with van der Waals surface area (Å²) in [6.07, 6.45) is 3.51. The van der Waals surface area contributed by atoms with Crippen molar-refractivity contribution >= 4 is 23.7 Å². The van der Waals surface area contributed by atoms with Crippen molar-refractivity contribution in [2.75, 3.05) is 71.3 Å². The molecule has 0 aromatic heterocycles. The monoisotopic (exact) mass is 644 g/mol. The minimum Gasteiger partial charge on any atom is -0.436 e. The van der Waals surface area contributed by atoms with Gasteiger partial charge in [0.25, 0.3) is 5.91 Å². The molecule has 0 saturated carbocycles. The van der Waals surface area contributed by atoms with Gasteiger partial charge in [-0.05, 0) is 107 Å². The number of rotatable bonds is 6. The van der Waals surface area contributed by atoms with Gasteiger partial charge in [-0.3, -0.25) is 9.69 Å². The minimum absolute atomic E-state index is 0.0464. The average molecular weight is 645 g/mol. The molecule has 4 aliphatic rings. The van der Waals surface area contributed by atoms with Crippen LogP contribution in [-0.4, -0.2) is 127 Å². The fraction of sp³-hybridized carbons (Fsp3) is 0.595. The van der Waals surface area contributed by atoms with Gasteiger partial charge in [0.15, 0.2) is 6.10 Å². The van der Waals surface area contributed by atoms with Crippen molar-refractivity contribution in [1.82, 2.24) is 24.5 Å². The molecule has 0 radical (unpaired) electrons. The molecule has 47 heavy (non-hydrogen) atoms. The number of piperazine rings is 1. The van der Waals surface area contributed by atoms with Gasteiger partial charge in [0.05, 0.1) is 0 Å². The Hall–Kier alpha value is -3.63. The fourth-order valence-electron chi connectivity index (χ4n) is 7.80. The number of carbonyl (C=O) groups is 3. The van der Waals surface area contributed by atoms with Crippen molar-refractivity contribution in [2.45, 2.75) is 77.5 Å². The van der Waals surface area contributed by atoms with Crippen molar-refractivity contribution in [3.05, 3.63) is 64.2 Å². The number of likely N-dealkylation sites (tertiary alicyclic amines) is 2. The summed E-state index contributed by atoms with van der Waals surface area (Å²) in [6, 6.07) is 12.7. The van der Waals surface area contributed by atoms with Crippen LogP contribution in [0.2, 0.25) is 0 Å². The van der Waals surface area contributed by atoms with E-state index in [1.807, 2.05) is 28.0 Å². The first kappa shape index (κ1) is 33.3. The lowest BCUT2D eigenvalue weighted by Crippen LogP contribution is -2.56. The van der Waals surface area contributed by atoms with Gasteiger partial charge in [-0.2, -0.15) is 0 Å². The maximum atomic E-state index is 14.1. The number of urea groups is 1. The summed E-state index contributed by atoms with van der Waals surface area (Å²) in [6.45, 7) is 13.2. The highest BCUT2D eigenvalue weighted by molar-refractivity contribution is 5.91. The standard InChI is InChI=1S/C37H52N6O4/c1-26-23-29(24-27(2)28(26)3)25-34(35(44)41-21-19-40(20-22-41)31-10-14-39(4)15-11-31)47-37(46)42-16-12-32(13-17-42)43-18-9-30-7-5-6-8-33(30)38-36(43)45/h5-8,23-24,31-32,34H,9-22,25H2,1-4H3,(H,38,45)/t34-/m1/s1. The summed E-state index contributed by atoms with van der Waals surface area (Å²) in [7, 11) is 2.18. The van der Waals surface area contributed by atoms with Crippen LogP contribution in [0.3, 0.4) is 0 Å². The van der Waals surface area contributed by atoms with E-state index in [-0.39, 0.29) is 18.0 Å². The Morgan fingerprint density at radius 2 is 1.47 bits per heavy atom. The Morgan fingerprint density at radius 3 is 2.15 bits per heavy atom. The summed E-state index contributed by atoms with van der Waals surface area (Å²) in [5.74, 6) is -0.104. The van der Waals surface area contributed by atoms with Crippen LogP contribution in [0.5, 0.6) is 0 Å². The Bertz CT molecular complexity index is 1420. The third-order valence-corrected chi connectivity index (χ3v) is 11.1. The molecule has 0 unspecified atom stereocenters. The average Bonchev–Trinajstić information content (AvgIpc) is 3.25. The maximum absolute atomic E-state index is 14.1. The predicted octanol–water partition coefficient (Wildman–Crippen LogP) is 4.45. The van der Waals surface area contributed by atoms with Crippen molar-refractivity contribution in [3.63, 3.8) is 0 Å². The number of fused-ring (bicyclic) bond motifs is 1. The van der Waals surface area contributed by atoms with Crippen LogP contribution in [0.25, 0.3) is 0 Å². The van der Waals surface area contributed by atoms with Gasteiger partial charge < -0.3 is 29.7 Å². The van der Waals surface area contributed by atoms with Crippen LogP contribution in [0, 0.1) is 20.8 Å². The molecule has 1 atom stereocenters. The van der Waals surface area contributed by atoms with E-state index in [1.54, 1.807) is 4.90 Å². The first-order valence-corrected chi connectivity index (χ1v) is 17.6. The molecule has 2 aromatic carbocycles. The predicted molar refractivity (Wildman–Crippen MR) is 184 cm³/mol. The lowest BCUT2D eigenvalue weighted by Gasteiger charge is -2.42. The number of amides is 4. The Balaban J connectivity index is 1.08. The molecule has 2 aromatic rings. The summed E-state index contributed by atoms with van der Waals surface area (Å²) >= 11 is 0. The Kier molecular flexibility index (Phi) is 10.4. The van der Waals surface area contributed by atoms with Gasteiger partial charge in [0.1, 0.15) is 0 Å². The summed E-state index contributed by atoms with van der Waals surface area (Å²) in [5, 5.41) is 3.07. The number of carbonyl (C=O) groups excluding carboxylic acids is 3. The molecule has 4 aliphatic heterocycles. The van der Waals surface area contributed by atoms with Crippen molar-refractivity contribution in [3.8, 4) is 0 Å². The highest BCUT2D eigenvalue weighted by atomic mass is 16.6. The van der Waals surface area contributed by atoms with Crippen LogP contribution in [0.15, 0.2) is 36.4 Å². The molecule has 3 saturated heterocycles. The van der Waals surface area contributed by atoms with Crippen LogP contribution >= 0.6 is 0 Å². The van der Waals surface area contributed by atoms with E-state index in [0.29, 0.717) is 58.0 Å². The van der Waals surface area contributed by atoms with E-state index in [9.17, 15) is 14.4 Å². The van der Waals surface area contributed by atoms with E-state index in [2.05, 4.69) is 61.1 Å². The summed E-state index contributed by atoms with van der Waals surface area (Å²) < 4.78 is 6.12. The number of aryl methyl sites for hydroxylation is 2. The molecule has 6 rings (SSSR count). The van der Waals surface area contributed by atoms with Crippen LogP contribution < -0.4 is 5.32 Å². The highest BCUT2D eigenvalue weighted by Gasteiger charge is 2.36. The maximum Gasteiger partial charge on any atom is 0.410 e. The minimum atomic E-state index is -0.883. The van der Waals surface area contributed by atoms with Gasteiger partial charge in [-0.1, -0.05) is 30.3 Å². The zero-order valence-corrected chi connectivity index (χ0v) is 28.7. The third-order valence-electron chi connectivity index (χ3n) is 11.1. The van der Waals surface area contributed by atoms with E-state index in [1.165, 1.54) is 29.5 Å². The van der Waals surface area contributed by atoms with Crippen molar-refractivity contribution < 1.29 is 19.1 Å². The molecule has 1 N–H and O–H groups in total. The molecule has 3 fully saturated rings. The van der Waals surface area contributed by atoms with Crippen LogP contribution in [0.4, 0.5) is 15.3 Å². The first-order valence-electron chi connectivity index (χ1n) is 17.6. The topological polar surface area (TPSA) is 88.7 Å². The largest absolute Gasteiger partial charge is 0.436 e. The quantitative estimate of drug-likeness (QED) is 0.500. The Labute approximate surface area is 280 Å². The second-order valence-electron chi connectivity index (χ2n) is 14.1. The number of piperidine rings is 2. The molecule has 10 nitrogen and oxygen atoms in total. The zero-order valence-electron chi connectivity index (χ0n) is 28.7. The van der Waals surface area contributed by atoms with Gasteiger partial charge in [0, 0.05) is 70.0 Å². The summed E-state index contributed by atoms with van der Waals surface area (Å²) in [4.78, 5) is 51.2. The first-order chi connectivity index (χ1) is 22.7. The second-order valence-corrected chi connectivity index (χ2v) is 14.1. The number of para-hydroxylation sites is 1. The van der Waals surface area contributed by atoms with Gasteiger partial charge in [0.2, 0.25) is 0 Å². The van der Waals surface area contributed by atoms with Crippen LogP contribution in [-0.2, 0) is 22.4 Å². The molecular weight excluding hydrogens is 592 g/mol. The van der Waals surface area contributed by atoms with Crippen LogP contribution in [0.1, 0.15) is 53.5 Å². The summed E-state index contributed by atoms with van der Waals surface area (Å²) in [5.41, 5.74) is 6.61. The molecular formula is C37H52N6O4. The highest BCUT2D eigenvalue weighted by Crippen LogP contribution is 2.26. The molecule has 0 bridgehead atoms. The molecule has 0 spiro atoms. The van der Waals surface area contributed by atoms with Crippen molar-refractivity contribution in [2.24, 2.45) is 0 Å². The fourth-order valence-corrected chi connectivity index (χ4v) is 7.80. The lowest BCUT2D eigenvalue weighted by atomic mass is 9.97. The van der Waals surface area contributed by atoms with E-state index < -0.39 is 12.2 Å². The van der Waals surface area contributed by atoms with Crippen molar-refractivity contribution in [1.29, 1.82) is 0 Å². The molecule has 254 valence electrons. The third kappa shape index (κ3) is 7.75. The molecule has 4 heterocycles. The van der Waals surface area contributed by atoms with Gasteiger partial charge in [-0.15, -0.1) is 0 Å². The van der Waals surface area contributed by atoms with Gasteiger partial charge >= 0.3 is 12.1 Å². The smallest absolute Gasteiger partial charge is 0.410 e. The van der Waals surface area contributed by atoms with E-state index in [4.69, 9.17) is 4.74 Å². The van der Waals surface area contributed by atoms with Gasteiger partial charge in [-0.25, -0.2) is 9.59 Å². The van der Waals surface area contributed by atoms with E-state index in [0.717, 1.165) is 49.4 Å². The second kappa shape index (κ2) is 14.6. The molecule has 10 heteroatoms. The number of hydrogen-bond donors (Lipinski definition) is 1. The number of anilines is 1. The normalized spacial score (nSPS) is 21.2. The number of ether oxygens (including phenoxy) is 1. The molecule has 0 aliphatic carbocycles. The SMILES string of the molecule is Cc1cc(C[C@@H](OC(=O)N2CCC(N3CCc4ccccc4NC3=O)CC2)C(=O)N2CCN(C3CCN(C)CC3)CC2)cc(C)c1C. The number of benzene rings is 2. The number of hydrogen-bond acceptors (Lipinski definition) is 6. The Morgan fingerprint density at radius 1 is 0.830 bits per heavy atom. The zero-order chi connectivity index (χ0) is 33.1. The number of nitrogens with zero attached hydrogens (tertiary/aromatic N) is 5. The lowest BCUT2D eigenvalue weighted by molar-refractivity contribution is -0.143. The number of nitrogens with one attached hydrogen (secondary N) is 1.